The first kappa shape index (κ1) is 10.7. The molecule has 0 saturated heterocycles. The molecule has 0 aliphatic carbocycles. The van der Waals surface area contributed by atoms with E-state index >= 15 is 0 Å². The second-order valence-corrected chi connectivity index (χ2v) is 4.36. The third-order valence-electron chi connectivity index (χ3n) is 2.71. The molecule has 1 aromatic heterocycles. The Morgan fingerprint density at radius 3 is 2.54 bits per heavy atom. The van der Waals surface area contributed by atoms with Crippen LogP contribution in [0.2, 0.25) is 0 Å². The van der Waals surface area contributed by atoms with E-state index in [-0.39, 0.29) is 6.04 Å². The van der Waals surface area contributed by atoms with E-state index in [1.165, 1.54) is 18.4 Å². The van der Waals surface area contributed by atoms with E-state index in [4.69, 9.17) is 5.73 Å². The summed E-state index contributed by atoms with van der Waals surface area (Å²) in [6.45, 7) is 4.49. The van der Waals surface area contributed by atoms with Crippen LogP contribution in [0.4, 0.5) is 0 Å². The van der Waals surface area contributed by atoms with Gasteiger partial charge in [0.1, 0.15) is 0 Å². The van der Waals surface area contributed by atoms with Crippen LogP contribution in [0.5, 0.6) is 0 Å². The summed E-state index contributed by atoms with van der Waals surface area (Å²) in [7, 11) is 0. The minimum Gasteiger partial charge on any atom is -0.324 e. The lowest BCUT2D eigenvalue weighted by atomic mass is 9.93. The van der Waals surface area contributed by atoms with Gasteiger partial charge >= 0.3 is 0 Å². The maximum atomic E-state index is 6.10. The summed E-state index contributed by atoms with van der Waals surface area (Å²) < 4.78 is 0. The molecule has 1 rings (SSSR count). The Balaban J connectivity index is 2.45. The van der Waals surface area contributed by atoms with Crippen LogP contribution in [-0.2, 0) is 0 Å². The van der Waals surface area contributed by atoms with Gasteiger partial charge in [-0.3, -0.25) is 0 Å². The number of nitrogens with two attached hydrogens (primary N) is 1. The van der Waals surface area contributed by atoms with Crippen molar-refractivity contribution < 1.29 is 0 Å². The van der Waals surface area contributed by atoms with Gasteiger partial charge < -0.3 is 5.73 Å². The maximum absolute atomic E-state index is 6.10. The van der Waals surface area contributed by atoms with Crippen LogP contribution >= 0.6 is 11.3 Å². The van der Waals surface area contributed by atoms with Gasteiger partial charge in [0.2, 0.25) is 0 Å². The van der Waals surface area contributed by atoms with Crippen molar-refractivity contribution in [3.05, 3.63) is 22.4 Å². The van der Waals surface area contributed by atoms with Crippen molar-refractivity contribution in [3.63, 3.8) is 0 Å². The molecule has 0 aliphatic rings. The van der Waals surface area contributed by atoms with Gasteiger partial charge in [0.05, 0.1) is 0 Å². The Hall–Kier alpha value is -0.340. The van der Waals surface area contributed by atoms with E-state index in [1.807, 2.05) is 0 Å². The Labute approximate surface area is 85.0 Å². The van der Waals surface area contributed by atoms with E-state index in [0.717, 1.165) is 12.3 Å². The summed E-state index contributed by atoms with van der Waals surface area (Å²) in [5.41, 5.74) is 7.40. The summed E-state index contributed by atoms with van der Waals surface area (Å²) in [6.07, 6.45) is 3.62. The molecule has 1 aromatic rings. The molecular formula is C11H19NS. The number of rotatable bonds is 5. The Morgan fingerprint density at radius 1 is 1.38 bits per heavy atom. The third kappa shape index (κ3) is 3.12. The molecule has 13 heavy (non-hydrogen) atoms. The summed E-state index contributed by atoms with van der Waals surface area (Å²) >= 11 is 1.73. The fraction of sp³-hybridized carbons (Fsp3) is 0.636. The second kappa shape index (κ2) is 5.40. The topological polar surface area (TPSA) is 26.0 Å². The van der Waals surface area contributed by atoms with Crippen LogP contribution in [0.25, 0.3) is 0 Å². The number of thiophene rings is 1. The Kier molecular flexibility index (Phi) is 4.46. The standard InChI is InChI=1S/C11H19NS/c1-3-9(4-2)7-11(12)10-5-6-13-8-10/h5-6,8-9,11H,3-4,7,12H2,1-2H3. The monoisotopic (exact) mass is 197 g/mol. The molecule has 2 N–H and O–H groups in total. The summed E-state index contributed by atoms with van der Waals surface area (Å²) in [5, 5.41) is 4.26. The molecule has 1 nitrogen and oxygen atoms in total. The first-order valence-electron chi connectivity index (χ1n) is 5.05. The Bertz CT molecular complexity index is 214. The minimum atomic E-state index is 0.246. The maximum Gasteiger partial charge on any atom is 0.0305 e. The lowest BCUT2D eigenvalue weighted by molar-refractivity contribution is 0.415. The highest BCUT2D eigenvalue weighted by atomic mass is 32.1. The fourth-order valence-electron chi connectivity index (χ4n) is 1.60. The smallest absolute Gasteiger partial charge is 0.0305 e. The van der Waals surface area contributed by atoms with Gasteiger partial charge in [-0.25, -0.2) is 0 Å². The van der Waals surface area contributed by atoms with E-state index in [9.17, 15) is 0 Å². The van der Waals surface area contributed by atoms with Crippen molar-refractivity contribution in [3.8, 4) is 0 Å². The van der Waals surface area contributed by atoms with E-state index < -0.39 is 0 Å². The van der Waals surface area contributed by atoms with Crippen molar-refractivity contribution in [2.24, 2.45) is 11.7 Å². The molecule has 0 saturated carbocycles. The molecule has 1 atom stereocenters. The van der Waals surface area contributed by atoms with Crippen molar-refractivity contribution in [1.82, 2.24) is 0 Å². The van der Waals surface area contributed by atoms with Gasteiger partial charge in [0, 0.05) is 6.04 Å². The van der Waals surface area contributed by atoms with Crippen LogP contribution < -0.4 is 5.73 Å². The van der Waals surface area contributed by atoms with Gasteiger partial charge in [0.25, 0.3) is 0 Å². The molecule has 0 aromatic carbocycles. The first-order chi connectivity index (χ1) is 6.27. The third-order valence-corrected chi connectivity index (χ3v) is 3.41. The predicted molar refractivity (Wildman–Crippen MR) is 59.9 cm³/mol. The molecule has 0 bridgehead atoms. The Morgan fingerprint density at radius 2 is 2.08 bits per heavy atom. The average Bonchev–Trinajstić information content (AvgIpc) is 2.66. The SMILES string of the molecule is CCC(CC)CC(N)c1ccsc1. The highest BCUT2D eigenvalue weighted by Gasteiger charge is 2.11. The molecule has 0 fully saturated rings. The molecule has 0 aliphatic heterocycles. The van der Waals surface area contributed by atoms with Crippen LogP contribution in [0.15, 0.2) is 16.8 Å². The van der Waals surface area contributed by atoms with Gasteiger partial charge in [-0.05, 0) is 34.7 Å². The molecule has 1 heterocycles. The fourth-order valence-corrected chi connectivity index (χ4v) is 2.33. The van der Waals surface area contributed by atoms with Crippen molar-refractivity contribution in [2.45, 2.75) is 39.2 Å². The molecule has 74 valence electrons. The van der Waals surface area contributed by atoms with E-state index in [2.05, 4.69) is 30.7 Å². The zero-order valence-electron chi connectivity index (χ0n) is 8.49. The predicted octanol–water partition coefficient (Wildman–Crippen LogP) is 3.57. The van der Waals surface area contributed by atoms with Crippen molar-refractivity contribution >= 4 is 11.3 Å². The first-order valence-corrected chi connectivity index (χ1v) is 5.99. The average molecular weight is 197 g/mol. The summed E-state index contributed by atoms with van der Waals surface area (Å²) in [6, 6.07) is 2.38. The van der Waals surface area contributed by atoms with Crippen molar-refractivity contribution in [1.29, 1.82) is 0 Å². The zero-order valence-corrected chi connectivity index (χ0v) is 9.31. The lowest BCUT2D eigenvalue weighted by Gasteiger charge is -2.17. The molecule has 0 radical (unpaired) electrons. The molecule has 0 spiro atoms. The molecule has 2 heteroatoms. The largest absolute Gasteiger partial charge is 0.324 e. The van der Waals surface area contributed by atoms with Gasteiger partial charge in [-0.1, -0.05) is 26.7 Å². The highest BCUT2D eigenvalue weighted by Crippen LogP contribution is 2.24. The number of hydrogen-bond donors (Lipinski definition) is 1. The summed E-state index contributed by atoms with van der Waals surface area (Å²) in [4.78, 5) is 0. The van der Waals surface area contributed by atoms with Crippen LogP contribution in [0.3, 0.4) is 0 Å². The number of hydrogen-bond acceptors (Lipinski definition) is 2. The van der Waals surface area contributed by atoms with Crippen LogP contribution in [-0.4, -0.2) is 0 Å². The normalized spacial score (nSPS) is 13.5. The van der Waals surface area contributed by atoms with E-state index in [1.54, 1.807) is 11.3 Å². The van der Waals surface area contributed by atoms with Crippen LogP contribution in [0, 0.1) is 5.92 Å². The van der Waals surface area contributed by atoms with Gasteiger partial charge in [0.15, 0.2) is 0 Å². The quantitative estimate of drug-likeness (QED) is 0.767. The minimum absolute atomic E-state index is 0.246. The van der Waals surface area contributed by atoms with Gasteiger partial charge in [-0.2, -0.15) is 11.3 Å². The van der Waals surface area contributed by atoms with Crippen LogP contribution in [0.1, 0.15) is 44.7 Å². The van der Waals surface area contributed by atoms with E-state index in [0.29, 0.717) is 0 Å². The van der Waals surface area contributed by atoms with Gasteiger partial charge in [-0.15, -0.1) is 0 Å². The lowest BCUT2D eigenvalue weighted by Crippen LogP contribution is -2.14. The molecule has 1 unspecified atom stereocenters. The highest BCUT2D eigenvalue weighted by molar-refractivity contribution is 7.07. The summed E-state index contributed by atoms with van der Waals surface area (Å²) in [5.74, 6) is 0.787. The molecular weight excluding hydrogens is 178 g/mol. The molecule has 0 amide bonds. The van der Waals surface area contributed by atoms with Crippen molar-refractivity contribution in [2.75, 3.05) is 0 Å². The second-order valence-electron chi connectivity index (χ2n) is 3.58. The zero-order chi connectivity index (χ0) is 9.68.